The fraction of sp³-hybridized carbons (Fsp3) is 0.588. The van der Waals surface area contributed by atoms with Crippen LogP contribution in [0.1, 0.15) is 30.5 Å². The molecular formula is C17H28F3IN4. The lowest BCUT2D eigenvalue weighted by molar-refractivity contribution is -0.132. The Bertz CT molecular complexity index is 516. The molecule has 8 heteroatoms. The number of hydrogen-bond acceptors (Lipinski definition) is 2. The minimum Gasteiger partial charge on any atom is -0.357 e. The quantitative estimate of drug-likeness (QED) is 0.361. The molecule has 0 saturated heterocycles. The molecule has 1 unspecified atom stereocenters. The van der Waals surface area contributed by atoms with Crippen molar-refractivity contribution in [3.8, 4) is 0 Å². The van der Waals surface area contributed by atoms with Crippen molar-refractivity contribution < 1.29 is 13.2 Å². The fourth-order valence-electron chi connectivity index (χ4n) is 2.20. The van der Waals surface area contributed by atoms with Gasteiger partial charge in [-0.25, -0.2) is 0 Å². The highest BCUT2D eigenvalue weighted by Gasteiger charge is 2.26. The minimum absolute atomic E-state index is 0. The van der Waals surface area contributed by atoms with Crippen LogP contribution in [-0.2, 0) is 0 Å². The fourth-order valence-corrected chi connectivity index (χ4v) is 2.20. The number of alkyl halides is 3. The number of rotatable bonds is 7. The third-order valence-electron chi connectivity index (χ3n) is 3.55. The van der Waals surface area contributed by atoms with E-state index >= 15 is 0 Å². The summed E-state index contributed by atoms with van der Waals surface area (Å²) in [6, 6.07) is 8.26. The highest BCUT2D eigenvalue weighted by molar-refractivity contribution is 14.0. The lowest BCUT2D eigenvalue weighted by Gasteiger charge is -2.24. The molecule has 0 bridgehead atoms. The molecule has 0 spiro atoms. The van der Waals surface area contributed by atoms with Gasteiger partial charge in [-0.15, -0.1) is 24.0 Å². The van der Waals surface area contributed by atoms with Crippen LogP contribution in [0.4, 0.5) is 13.2 Å². The summed E-state index contributed by atoms with van der Waals surface area (Å²) in [5.41, 5.74) is 2.31. The monoisotopic (exact) mass is 472 g/mol. The van der Waals surface area contributed by atoms with Gasteiger partial charge in [-0.05, 0) is 33.5 Å². The van der Waals surface area contributed by atoms with E-state index in [0.717, 1.165) is 5.56 Å². The van der Waals surface area contributed by atoms with Crippen LogP contribution < -0.4 is 10.6 Å². The van der Waals surface area contributed by atoms with E-state index in [1.807, 2.05) is 45.0 Å². The lowest BCUT2D eigenvalue weighted by atomic mass is 10.0. The zero-order chi connectivity index (χ0) is 18.2. The summed E-state index contributed by atoms with van der Waals surface area (Å²) >= 11 is 0. The van der Waals surface area contributed by atoms with Crippen LogP contribution in [0.15, 0.2) is 29.3 Å². The van der Waals surface area contributed by atoms with Crippen molar-refractivity contribution in [2.75, 3.05) is 33.7 Å². The van der Waals surface area contributed by atoms with Crippen LogP contribution in [0.2, 0.25) is 0 Å². The van der Waals surface area contributed by atoms with Gasteiger partial charge in [-0.2, -0.15) is 13.2 Å². The van der Waals surface area contributed by atoms with Crippen molar-refractivity contribution in [2.45, 2.75) is 32.5 Å². The van der Waals surface area contributed by atoms with Gasteiger partial charge in [0.1, 0.15) is 0 Å². The first-order valence-electron chi connectivity index (χ1n) is 8.05. The van der Waals surface area contributed by atoms with E-state index in [2.05, 4.69) is 27.8 Å². The van der Waals surface area contributed by atoms with Crippen LogP contribution in [-0.4, -0.2) is 50.8 Å². The van der Waals surface area contributed by atoms with E-state index in [9.17, 15) is 13.2 Å². The second kappa shape index (κ2) is 11.6. The molecule has 2 N–H and O–H groups in total. The average Bonchev–Trinajstić information content (AvgIpc) is 2.47. The molecule has 0 amide bonds. The van der Waals surface area contributed by atoms with Crippen LogP contribution in [0.25, 0.3) is 0 Å². The summed E-state index contributed by atoms with van der Waals surface area (Å²) in [6.45, 7) is 4.77. The topological polar surface area (TPSA) is 39.7 Å². The summed E-state index contributed by atoms with van der Waals surface area (Å²) in [6.07, 6.45) is -5.05. The largest absolute Gasteiger partial charge is 0.390 e. The Morgan fingerprint density at radius 3 is 2.24 bits per heavy atom. The maximum Gasteiger partial charge on any atom is 0.390 e. The van der Waals surface area contributed by atoms with Crippen molar-refractivity contribution >= 4 is 29.9 Å². The van der Waals surface area contributed by atoms with Gasteiger partial charge >= 0.3 is 6.18 Å². The highest BCUT2D eigenvalue weighted by atomic mass is 127. The maximum atomic E-state index is 12.3. The second-order valence-corrected chi connectivity index (χ2v) is 5.90. The van der Waals surface area contributed by atoms with Crippen molar-refractivity contribution in [2.24, 2.45) is 4.99 Å². The van der Waals surface area contributed by atoms with Gasteiger partial charge in [-0.3, -0.25) is 4.99 Å². The average molecular weight is 472 g/mol. The molecule has 0 fully saturated rings. The van der Waals surface area contributed by atoms with Gasteiger partial charge < -0.3 is 15.5 Å². The molecule has 1 aromatic carbocycles. The van der Waals surface area contributed by atoms with Crippen molar-refractivity contribution in [1.29, 1.82) is 0 Å². The van der Waals surface area contributed by atoms with Gasteiger partial charge in [0, 0.05) is 13.1 Å². The number of hydrogen-bond donors (Lipinski definition) is 2. The molecule has 25 heavy (non-hydrogen) atoms. The Morgan fingerprint density at radius 2 is 1.76 bits per heavy atom. The number of nitrogens with one attached hydrogen (secondary N) is 2. The molecule has 144 valence electrons. The van der Waals surface area contributed by atoms with E-state index < -0.39 is 12.6 Å². The number of aryl methyl sites for hydroxylation is 1. The van der Waals surface area contributed by atoms with E-state index in [-0.39, 0.29) is 36.6 Å². The van der Waals surface area contributed by atoms with Crippen LogP contribution in [0.3, 0.4) is 0 Å². The molecule has 0 aromatic heterocycles. The zero-order valence-corrected chi connectivity index (χ0v) is 17.5. The molecule has 0 aliphatic carbocycles. The Labute approximate surface area is 165 Å². The summed E-state index contributed by atoms with van der Waals surface area (Å²) in [5.74, 6) is 0.403. The van der Waals surface area contributed by atoms with Crippen molar-refractivity contribution in [1.82, 2.24) is 15.5 Å². The molecule has 0 aliphatic rings. The lowest BCUT2D eigenvalue weighted by Crippen LogP contribution is -2.39. The molecule has 0 heterocycles. The smallest absolute Gasteiger partial charge is 0.357 e. The third kappa shape index (κ3) is 9.88. The highest BCUT2D eigenvalue weighted by Crippen LogP contribution is 2.19. The summed E-state index contributed by atoms with van der Waals surface area (Å²) in [5, 5.41) is 5.71. The van der Waals surface area contributed by atoms with Crippen LogP contribution >= 0.6 is 24.0 Å². The number of aliphatic imine (C=N–C) groups is 1. The van der Waals surface area contributed by atoms with E-state index in [1.54, 1.807) is 0 Å². The van der Waals surface area contributed by atoms with Gasteiger partial charge in [0.2, 0.25) is 0 Å². The molecule has 0 aliphatic heterocycles. The SMILES string of the molecule is CCNC(=NCC(c1ccc(C)cc1)N(C)C)NCCC(F)(F)F.I. The van der Waals surface area contributed by atoms with E-state index in [0.29, 0.717) is 19.0 Å². The van der Waals surface area contributed by atoms with E-state index in [1.165, 1.54) is 5.56 Å². The number of benzene rings is 1. The number of halogens is 4. The predicted octanol–water partition coefficient (Wildman–Crippen LogP) is 3.72. The summed E-state index contributed by atoms with van der Waals surface area (Å²) < 4.78 is 36.8. The Hall–Kier alpha value is -1.03. The molecule has 4 nitrogen and oxygen atoms in total. The summed E-state index contributed by atoms with van der Waals surface area (Å²) in [4.78, 5) is 6.49. The normalized spacial score (nSPS) is 13.4. The number of likely N-dealkylation sites (N-methyl/N-ethyl adjacent to an activating group) is 1. The van der Waals surface area contributed by atoms with Gasteiger partial charge in [0.05, 0.1) is 19.0 Å². The Kier molecular flexibility index (Phi) is 11.1. The molecular weight excluding hydrogens is 444 g/mol. The van der Waals surface area contributed by atoms with Crippen LogP contribution in [0.5, 0.6) is 0 Å². The minimum atomic E-state index is -4.17. The molecule has 1 aromatic rings. The van der Waals surface area contributed by atoms with Gasteiger partial charge in [-0.1, -0.05) is 29.8 Å². The molecule has 1 rings (SSSR count). The first-order valence-corrected chi connectivity index (χ1v) is 8.05. The Morgan fingerprint density at radius 1 is 1.16 bits per heavy atom. The first kappa shape index (κ1) is 24.0. The second-order valence-electron chi connectivity index (χ2n) is 5.90. The molecule has 0 saturated carbocycles. The summed E-state index contributed by atoms with van der Waals surface area (Å²) in [7, 11) is 3.92. The number of guanidine groups is 1. The van der Waals surface area contributed by atoms with Crippen molar-refractivity contribution in [3.63, 3.8) is 0 Å². The van der Waals surface area contributed by atoms with Crippen LogP contribution in [0, 0.1) is 6.92 Å². The third-order valence-corrected chi connectivity index (χ3v) is 3.55. The zero-order valence-electron chi connectivity index (χ0n) is 15.2. The number of nitrogens with zero attached hydrogens (tertiary/aromatic N) is 2. The standard InChI is InChI=1S/C17H27F3N4.HI/c1-5-21-16(22-11-10-17(18,19)20)23-12-15(24(3)4)14-8-6-13(2)7-9-14;/h6-9,15H,5,10-12H2,1-4H3,(H2,21,22,23);1H. The molecule has 0 radical (unpaired) electrons. The van der Waals surface area contributed by atoms with Gasteiger partial charge in [0.25, 0.3) is 0 Å². The van der Waals surface area contributed by atoms with Crippen molar-refractivity contribution in [3.05, 3.63) is 35.4 Å². The molecule has 1 atom stereocenters. The van der Waals surface area contributed by atoms with Gasteiger partial charge in [0.15, 0.2) is 5.96 Å². The Balaban J connectivity index is 0.00000576. The maximum absolute atomic E-state index is 12.3. The predicted molar refractivity (Wildman–Crippen MR) is 108 cm³/mol. The first-order chi connectivity index (χ1) is 11.2. The van der Waals surface area contributed by atoms with E-state index in [4.69, 9.17) is 0 Å².